The summed E-state index contributed by atoms with van der Waals surface area (Å²) < 4.78 is 4.77. The van der Waals surface area contributed by atoms with Crippen LogP contribution in [0.4, 0.5) is 0 Å². The van der Waals surface area contributed by atoms with E-state index in [0.717, 1.165) is 0 Å². The first kappa shape index (κ1) is 11.1. The lowest BCUT2D eigenvalue weighted by Crippen LogP contribution is -2.61. The first-order chi connectivity index (χ1) is 6.11. The van der Waals surface area contributed by atoms with Crippen LogP contribution in [0.15, 0.2) is 0 Å². The van der Waals surface area contributed by atoms with Crippen molar-refractivity contribution in [2.45, 2.75) is 30.6 Å². The van der Waals surface area contributed by atoms with Crippen LogP contribution >= 0.6 is 11.8 Å². The molecule has 6 nitrogen and oxygen atoms in total. The van der Waals surface area contributed by atoms with E-state index in [1.165, 1.54) is 0 Å². The van der Waals surface area contributed by atoms with E-state index in [0.29, 0.717) is 0 Å². The van der Waals surface area contributed by atoms with E-state index < -0.39 is 37.3 Å². The van der Waals surface area contributed by atoms with Gasteiger partial charge in [0.05, 0.1) is 6.61 Å². The van der Waals surface area contributed by atoms with Crippen LogP contribution < -0.4 is 4.84 Å². The molecule has 3 unspecified atom stereocenters. The first-order valence-corrected chi connectivity index (χ1v) is 4.16. The highest BCUT2D eigenvalue weighted by Gasteiger charge is 2.43. The molecule has 5 N–H and O–H groups in total. The molecule has 0 spiro atoms. The van der Waals surface area contributed by atoms with E-state index in [4.69, 9.17) is 21.6 Å². The molecule has 0 bridgehead atoms. The van der Waals surface area contributed by atoms with Crippen molar-refractivity contribution in [1.82, 2.24) is 4.84 Å². The molecule has 1 aliphatic rings. The van der Waals surface area contributed by atoms with Crippen LogP contribution in [-0.4, -0.2) is 57.7 Å². The van der Waals surface area contributed by atoms with Crippen LogP contribution in [0, 0.1) is 0 Å². The molecule has 0 aromatic heterocycles. The summed E-state index contributed by atoms with van der Waals surface area (Å²) in [5.74, 6) is 0. The van der Waals surface area contributed by atoms with E-state index in [2.05, 4.69) is 4.84 Å². The lowest BCUT2D eigenvalue weighted by molar-refractivity contribution is -0.251. The zero-order valence-corrected chi connectivity index (χ0v) is 7.42. The van der Waals surface area contributed by atoms with Gasteiger partial charge in [-0.2, -0.15) is 0 Å². The monoisotopic (exact) mass is 213 g/mol. The minimum Gasteiger partial charge on any atom is -0.394 e. The van der Waals surface area contributed by atoms with Gasteiger partial charge in [-0.25, -0.2) is 4.84 Å². The average Bonchev–Trinajstić information content (AvgIpc) is 2.12. The summed E-state index contributed by atoms with van der Waals surface area (Å²) in [4.78, 5) is 2.08. The van der Waals surface area contributed by atoms with Gasteiger partial charge in [0, 0.05) is 0 Å². The maximum absolute atomic E-state index is 9.36. The van der Waals surface area contributed by atoms with Gasteiger partial charge < -0.3 is 25.2 Å². The number of halogens is 1. The van der Waals surface area contributed by atoms with E-state index in [9.17, 15) is 15.3 Å². The Morgan fingerprint density at radius 2 is 1.85 bits per heavy atom. The van der Waals surface area contributed by atoms with Gasteiger partial charge in [0.25, 0.3) is 0 Å². The Hall–Kier alpha value is 0.0500. The SMILES string of the molecule is OCC1OC(O)C(NCl)[C@@H](O)[C@H]1O. The molecule has 0 aliphatic carbocycles. The Kier molecular flexibility index (Phi) is 3.87. The van der Waals surface area contributed by atoms with Gasteiger partial charge in [0.15, 0.2) is 6.29 Å². The number of rotatable bonds is 2. The molecule has 1 saturated heterocycles. The number of hydrogen-bond donors (Lipinski definition) is 5. The van der Waals surface area contributed by atoms with E-state index in [1.807, 2.05) is 0 Å². The van der Waals surface area contributed by atoms with Gasteiger partial charge in [0.1, 0.15) is 24.4 Å². The minimum atomic E-state index is -1.35. The molecular weight excluding hydrogens is 202 g/mol. The predicted octanol–water partition coefficient (Wildman–Crippen LogP) is -2.47. The van der Waals surface area contributed by atoms with Crippen molar-refractivity contribution in [2.75, 3.05) is 6.61 Å². The molecule has 5 atom stereocenters. The van der Waals surface area contributed by atoms with Gasteiger partial charge in [0.2, 0.25) is 0 Å². The van der Waals surface area contributed by atoms with Crippen molar-refractivity contribution in [1.29, 1.82) is 0 Å². The summed E-state index contributed by atoms with van der Waals surface area (Å²) in [6.07, 6.45) is -4.90. The maximum Gasteiger partial charge on any atom is 0.174 e. The first-order valence-electron chi connectivity index (χ1n) is 3.78. The molecule has 1 heterocycles. The van der Waals surface area contributed by atoms with Crippen molar-refractivity contribution in [2.24, 2.45) is 0 Å². The fourth-order valence-corrected chi connectivity index (χ4v) is 1.45. The largest absolute Gasteiger partial charge is 0.394 e. The second-order valence-corrected chi connectivity index (χ2v) is 3.08. The third-order valence-electron chi connectivity index (χ3n) is 2.03. The molecule has 7 heteroatoms. The van der Waals surface area contributed by atoms with Crippen molar-refractivity contribution in [3.8, 4) is 0 Å². The third kappa shape index (κ3) is 2.10. The highest BCUT2D eigenvalue weighted by molar-refractivity contribution is 6.13. The second-order valence-electron chi connectivity index (χ2n) is 2.86. The molecule has 0 aromatic rings. The Bertz CT molecular complexity index is 171. The van der Waals surface area contributed by atoms with Crippen LogP contribution in [0.1, 0.15) is 0 Å². The Balaban J connectivity index is 2.66. The Morgan fingerprint density at radius 1 is 1.23 bits per heavy atom. The van der Waals surface area contributed by atoms with Gasteiger partial charge in [-0.15, -0.1) is 0 Å². The predicted molar refractivity (Wildman–Crippen MR) is 42.8 cm³/mol. The molecule has 13 heavy (non-hydrogen) atoms. The zero-order valence-electron chi connectivity index (χ0n) is 6.67. The molecular formula is C6H12ClNO5. The van der Waals surface area contributed by atoms with Gasteiger partial charge in [-0.1, -0.05) is 0 Å². The summed E-state index contributed by atoms with van der Waals surface area (Å²) in [6.45, 7) is -0.482. The van der Waals surface area contributed by atoms with Crippen LogP contribution in [0.3, 0.4) is 0 Å². The van der Waals surface area contributed by atoms with Crippen molar-refractivity contribution < 1.29 is 25.2 Å². The fraction of sp³-hybridized carbons (Fsp3) is 1.00. The van der Waals surface area contributed by atoms with E-state index in [-0.39, 0.29) is 0 Å². The molecule has 0 amide bonds. The summed E-state index contributed by atoms with van der Waals surface area (Å²) in [7, 11) is 0. The minimum absolute atomic E-state index is 0.482. The topological polar surface area (TPSA) is 102 Å². The summed E-state index contributed by atoms with van der Waals surface area (Å²) >= 11 is 5.20. The number of hydrogen-bond acceptors (Lipinski definition) is 6. The number of aliphatic hydroxyl groups is 4. The fourth-order valence-electron chi connectivity index (χ4n) is 1.21. The summed E-state index contributed by atoms with van der Waals surface area (Å²) in [5.41, 5.74) is 0. The number of aliphatic hydroxyl groups excluding tert-OH is 4. The average molecular weight is 214 g/mol. The summed E-state index contributed by atoms with van der Waals surface area (Å²) in [6, 6.07) is -0.973. The molecule has 0 saturated carbocycles. The quantitative estimate of drug-likeness (QED) is 0.326. The standard InChI is InChI=1S/C6H12ClNO5/c7-8-3-5(11)4(10)2(1-9)13-6(3)12/h2-6,8-12H,1H2/t2?,3?,4-,5+,6?/m0/s1. The molecule has 0 aromatic carbocycles. The van der Waals surface area contributed by atoms with Crippen molar-refractivity contribution >= 4 is 11.8 Å². The molecule has 0 radical (unpaired) electrons. The molecule has 78 valence electrons. The van der Waals surface area contributed by atoms with Gasteiger partial charge in [-0.05, 0) is 11.8 Å². The normalized spacial score (nSPS) is 46.4. The van der Waals surface area contributed by atoms with Gasteiger partial charge >= 0.3 is 0 Å². The van der Waals surface area contributed by atoms with Crippen LogP contribution in [0.5, 0.6) is 0 Å². The van der Waals surface area contributed by atoms with E-state index >= 15 is 0 Å². The van der Waals surface area contributed by atoms with Crippen LogP contribution in [0.2, 0.25) is 0 Å². The van der Waals surface area contributed by atoms with Crippen LogP contribution in [0.25, 0.3) is 0 Å². The molecule has 1 aliphatic heterocycles. The van der Waals surface area contributed by atoms with Crippen molar-refractivity contribution in [3.63, 3.8) is 0 Å². The second kappa shape index (κ2) is 4.52. The molecule has 1 fully saturated rings. The van der Waals surface area contributed by atoms with Crippen molar-refractivity contribution in [3.05, 3.63) is 0 Å². The highest BCUT2D eigenvalue weighted by atomic mass is 35.5. The van der Waals surface area contributed by atoms with Gasteiger partial charge in [-0.3, -0.25) is 0 Å². The Morgan fingerprint density at radius 3 is 2.31 bits per heavy atom. The third-order valence-corrected chi connectivity index (χ3v) is 2.28. The van der Waals surface area contributed by atoms with Crippen LogP contribution in [-0.2, 0) is 4.74 Å². The number of nitrogens with one attached hydrogen (secondary N) is 1. The Labute approximate surface area is 79.8 Å². The van der Waals surface area contributed by atoms with E-state index in [1.54, 1.807) is 0 Å². The lowest BCUT2D eigenvalue weighted by Gasteiger charge is -2.39. The maximum atomic E-state index is 9.36. The lowest BCUT2D eigenvalue weighted by atomic mass is 9.98. The smallest absolute Gasteiger partial charge is 0.174 e. The molecule has 1 rings (SSSR count). The highest BCUT2D eigenvalue weighted by Crippen LogP contribution is 2.19. The summed E-state index contributed by atoms with van der Waals surface area (Å²) in [5, 5.41) is 36.6. The zero-order chi connectivity index (χ0) is 10.0. The number of ether oxygens (including phenoxy) is 1.